The lowest BCUT2D eigenvalue weighted by molar-refractivity contribution is 0.177. The predicted octanol–water partition coefficient (Wildman–Crippen LogP) is 5.51. The van der Waals surface area contributed by atoms with Crippen molar-refractivity contribution in [2.45, 2.75) is 46.1 Å². The van der Waals surface area contributed by atoms with Crippen LogP contribution in [0, 0.1) is 11.3 Å². The molecule has 1 aliphatic carbocycles. The largest absolute Gasteiger partial charge is 0.380 e. The van der Waals surface area contributed by atoms with E-state index in [0.29, 0.717) is 17.4 Å². The molecule has 0 saturated heterocycles. The predicted molar refractivity (Wildman–Crippen MR) is 91.0 cm³/mol. The minimum Gasteiger partial charge on any atom is -0.380 e. The highest BCUT2D eigenvalue weighted by molar-refractivity contribution is 6.31. The van der Waals surface area contributed by atoms with E-state index in [1.54, 1.807) is 0 Å². The fourth-order valence-electron chi connectivity index (χ4n) is 3.63. The van der Waals surface area contributed by atoms with Crippen molar-refractivity contribution in [1.29, 1.82) is 0 Å². The van der Waals surface area contributed by atoms with E-state index in [1.807, 2.05) is 24.4 Å². The van der Waals surface area contributed by atoms with E-state index in [9.17, 15) is 0 Å². The maximum absolute atomic E-state index is 6.26. The van der Waals surface area contributed by atoms with Crippen LogP contribution in [-0.2, 0) is 0 Å². The van der Waals surface area contributed by atoms with Crippen molar-refractivity contribution in [3.05, 3.63) is 35.5 Å². The van der Waals surface area contributed by atoms with Gasteiger partial charge in [0.1, 0.15) is 0 Å². The van der Waals surface area contributed by atoms with Crippen LogP contribution in [0.1, 0.15) is 40.0 Å². The van der Waals surface area contributed by atoms with Crippen molar-refractivity contribution < 1.29 is 0 Å². The molecule has 0 aliphatic heterocycles. The van der Waals surface area contributed by atoms with Gasteiger partial charge in [-0.15, -0.1) is 0 Å². The van der Waals surface area contributed by atoms with Gasteiger partial charge in [0.05, 0.1) is 11.2 Å². The van der Waals surface area contributed by atoms with Gasteiger partial charge in [-0.3, -0.25) is 4.98 Å². The van der Waals surface area contributed by atoms with E-state index in [2.05, 4.69) is 37.1 Å². The summed E-state index contributed by atoms with van der Waals surface area (Å²) in [5.41, 5.74) is 2.54. The number of hydrogen-bond acceptors (Lipinski definition) is 2. The van der Waals surface area contributed by atoms with Crippen LogP contribution < -0.4 is 5.32 Å². The molecule has 0 amide bonds. The fourth-order valence-corrected chi connectivity index (χ4v) is 3.85. The van der Waals surface area contributed by atoms with Crippen LogP contribution in [0.2, 0.25) is 5.02 Å². The number of nitrogens with one attached hydrogen (secondary N) is 1. The Kier molecular flexibility index (Phi) is 3.83. The van der Waals surface area contributed by atoms with Crippen molar-refractivity contribution in [2.75, 3.05) is 5.32 Å². The molecular weight excluding hydrogens is 280 g/mol. The number of benzene rings is 1. The van der Waals surface area contributed by atoms with Gasteiger partial charge < -0.3 is 5.32 Å². The first kappa shape index (κ1) is 14.6. The van der Waals surface area contributed by atoms with E-state index in [0.717, 1.165) is 21.6 Å². The number of rotatable bonds is 2. The van der Waals surface area contributed by atoms with Crippen LogP contribution in [0.3, 0.4) is 0 Å². The maximum atomic E-state index is 6.26. The Hall–Kier alpha value is -1.28. The summed E-state index contributed by atoms with van der Waals surface area (Å²) in [5, 5.41) is 5.56. The Morgan fingerprint density at radius 1 is 1.33 bits per heavy atom. The minimum absolute atomic E-state index is 0.465. The molecule has 1 heterocycles. The van der Waals surface area contributed by atoms with Crippen LogP contribution >= 0.6 is 11.6 Å². The fraction of sp³-hybridized carbons (Fsp3) is 0.500. The molecule has 3 heteroatoms. The number of aromatic nitrogens is 1. The van der Waals surface area contributed by atoms with Crippen molar-refractivity contribution in [3.8, 4) is 0 Å². The Bertz CT molecular complexity index is 651. The molecule has 1 aromatic heterocycles. The van der Waals surface area contributed by atoms with Gasteiger partial charge in [-0.2, -0.15) is 0 Å². The number of nitrogens with zero attached hydrogens (tertiary/aromatic N) is 1. The van der Waals surface area contributed by atoms with Gasteiger partial charge in [0.2, 0.25) is 0 Å². The van der Waals surface area contributed by atoms with Gasteiger partial charge in [0, 0.05) is 22.6 Å². The zero-order chi connectivity index (χ0) is 15.0. The quantitative estimate of drug-likeness (QED) is 0.790. The van der Waals surface area contributed by atoms with Crippen LogP contribution in [-0.4, -0.2) is 11.0 Å². The monoisotopic (exact) mass is 302 g/mol. The third-order valence-corrected chi connectivity index (χ3v) is 4.92. The number of pyridine rings is 1. The first-order chi connectivity index (χ1) is 9.94. The third-order valence-electron chi connectivity index (χ3n) is 4.70. The topological polar surface area (TPSA) is 24.9 Å². The average molecular weight is 303 g/mol. The number of hydrogen-bond donors (Lipinski definition) is 1. The van der Waals surface area contributed by atoms with Crippen LogP contribution in [0.5, 0.6) is 0 Å². The van der Waals surface area contributed by atoms with Gasteiger partial charge >= 0.3 is 0 Å². The molecule has 1 fully saturated rings. The molecule has 2 nitrogen and oxygen atoms in total. The Morgan fingerprint density at radius 3 is 2.90 bits per heavy atom. The molecule has 112 valence electrons. The van der Waals surface area contributed by atoms with Gasteiger partial charge in [0.25, 0.3) is 0 Å². The summed E-state index contributed by atoms with van der Waals surface area (Å²) in [4.78, 5) is 4.52. The highest BCUT2D eigenvalue weighted by Crippen LogP contribution is 2.40. The lowest BCUT2D eigenvalue weighted by Gasteiger charge is -2.40. The molecule has 1 aliphatic rings. The molecule has 1 aromatic carbocycles. The average Bonchev–Trinajstić information content (AvgIpc) is 2.41. The number of halogens is 1. The zero-order valence-corrected chi connectivity index (χ0v) is 13.7. The van der Waals surface area contributed by atoms with Crippen LogP contribution in [0.15, 0.2) is 30.5 Å². The summed E-state index contributed by atoms with van der Waals surface area (Å²) in [7, 11) is 0. The molecule has 0 spiro atoms. The van der Waals surface area contributed by atoms with Gasteiger partial charge in [-0.05, 0) is 48.8 Å². The van der Waals surface area contributed by atoms with E-state index < -0.39 is 0 Å². The Balaban J connectivity index is 1.88. The molecule has 2 unspecified atom stereocenters. The second-order valence-corrected chi connectivity index (χ2v) is 7.60. The summed E-state index contributed by atoms with van der Waals surface area (Å²) in [6.45, 7) is 7.09. The van der Waals surface area contributed by atoms with Crippen molar-refractivity contribution in [1.82, 2.24) is 4.98 Å². The van der Waals surface area contributed by atoms with Gasteiger partial charge in [0.15, 0.2) is 0 Å². The molecule has 2 aromatic rings. The number of fused-ring (bicyclic) bond motifs is 1. The SMILES string of the molecule is CC1CC(C)(C)CCC1Nc1cc(Cl)cc2cccnc12. The minimum atomic E-state index is 0.465. The zero-order valence-electron chi connectivity index (χ0n) is 13.0. The normalized spacial score (nSPS) is 25.0. The molecule has 2 atom stereocenters. The molecule has 0 bridgehead atoms. The lowest BCUT2D eigenvalue weighted by Crippen LogP contribution is -2.36. The highest BCUT2D eigenvalue weighted by atomic mass is 35.5. The summed E-state index contributed by atoms with van der Waals surface area (Å²) < 4.78 is 0. The van der Waals surface area contributed by atoms with Crippen molar-refractivity contribution in [2.24, 2.45) is 11.3 Å². The molecule has 21 heavy (non-hydrogen) atoms. The van der Waals surface area contributed by atoms with Gasteiger partial charge in [-0.1, -0.05) is 38.4 Å². The van der Waals surface area contributed by atoms with Gasteiger partial charge in [-0.25, -0.2) is 0 Å². The smallest absolute Gasteiger partial charge is 0.0934 e. The third kappa shape index (κ3) is 3.16. The molecule has 1 saturated carbocycles. The second kappa shape index (κ2) is 5.49. The maximum Gasteiger partial charge on any atom is 0.0934 e. The van der Waals surface area contributed by atoms with Crippen LogP contribution in [0.25, 0.3) is 10.9 Å². The summed E-state index contributed by atoms with van der Waals surface area (Å²) in [5.74, 6) is 0.659. The standard InChI is InChI=1S/C18H23ClN2/c1-12-11-18(2,3)7-6-15(12)21-16-10-14(19)9-13-5-4-8-20-17(13)16/h4-5,8-10,12,15,21H,6-7,11H2,1-3H3. The molecule has 3 rings (SSSR count). The summed E-state index contributed by atoms with van der Waals surface area (Å²) in [6.07, 6.45) is 5.57. The first-order valence-corrected chi connectivity index (χ1v) is 8.13. The van der Waals surface area contributed by atoms with E-state index >= 15 is 0 Å². The van der Waals surface area contributed by atoms with E-state index in [4.69, 9.17) is 11.6 Å². The Morgan fingerprint density at radius 2 is 2.14 bits per heavy atom. The summed E-state index contributed by atoms with van der Waals surface area (Å²) >= 11 is 6.26. The highest BCUT2D eigenvalue weighted by Gasteiger charge is 2.32. The first-order valence-electron chi connectivity index (χ1n) is 7.75. The Labute approximate surface area is 131 Å². The molecule has 0 radical (unpaired) electrons. The van der Waals surface area contributed by atoms with E-state index in [1.165, 1.54) is 19.3 Å². The van der Waals surface area contributed by atoms with Crippen LogP contribution in [0.4, 0.5) is 5.69 Å². The van der Waals surface area contributed by atoms with E-state index in [-0.39, 0.29) is 0 Å². The molecule has 1 N–H and O–H groups in total. The molecular formula is C18H23ClN2. The second-order valence-electron chi connectivity index (χ2n) is 7.16. The lowest BCUT2D eigenvalue weighted by atomic mass is 9.70. The number of anilines is 1. The van der Waals surface area contributed by atoms with Crippen molar-refractivity contribution >= 4 is 28.2 Å². The summed E-state index contributed by atoms with van der Waals surface area (Å²) in [6, 6.07) is 8.49. The van der Waals surface area contributed by atoms with Crippen molar-refractivity contribution in [3.63, 3.8) is 0 Å².